The summed E-state index contributed by atoms with van der Waals surface area (Å²) in [5.74, 6) is 0. The highest BCUT2D eigenvalue weighted by Gasteiger charge is 2.21. The summed E-state index contributed by atoms with van der Waals surface area (Å²) in [6, 6.07) is 3.86. The average molecular weight is 215 g/mol. The van der Waals surface area contributed by atoms with Crippen molar-refractivity contribution in [2.45, 2.75) is 39.5 Å². The molecule has 16 heavy (non-hydrogen) atoms. The van der Waals surface area contributed by atoms with Gasteiger partial charge in [-0.2, -0.15) is 0 Å². The first-order valence-electron chi connectivity index (χ1n) is 5.64. The molecule has 0 unspecified atom stereocenters. The van der Waals surface area contributed by atoms with Gasteiger partial charge in [0.15, 0.2) is 5.65 Å². The van der Waals surface area contributed by atoms with Gasteiger partial charge in [0.1, 0.15) is 5.52 Å². The number of pyridine rings is 1. The minimum Gasteiger partial charge on any atom is -0.248 e. The molecule has 2 rings (SSSR count). The molecule has 0 aliphatic heterocycles. The molecule has 0 aliphatic carbocycles. The monoisotopic (exact) mass is 215 g/mol. The first-order chi connectivity index (χ1) is 7.52. The molecule has 0 radical (unpaired) electrons. The van der Waals surface area contributed by atoms with Crippen LogP contribution < -0.4 is 0 Å². The van der Waals surface area contributed by atoms with E-state index in [2.05, 4.69) is 42.6 Å². The Morgan fingerprint density at radius 2 is 1.94 bits per heavy atom. The SMILES string of the molecule is CCc1nc2cccnc2nc1C(C)(C)C. The first kappa shape index (κ1) is 11.0. The minimum absolute atomic E-state index is 0.0179. The predicted molar refractivity (Wildman–Crippen MR) is 65.4 cm³/mol. The topological polar surface area (TPSA) is 38.7 Å². The predicted octanol–water partition coefficient (Wildman–Crippen LogP) is 2.88. The second-order valence-corrected chi connectivity index (χ2v) is 4.97. The van der Waals surface area contributed by atoms with E-state index in [-0.39, 0.29) is 5.41 Å². The maximum atomic E-state index is 4.64. The molecule has 2 heterocycles. The molecule has 3 nitrogen and oxygen atoms in total. The third kappa shape index (κ3) is 1.90. The number of aryl methyl sites for hydroxylation is 1. The Bertz CT molecular complexity index is 512. The van der Waals surface area contributed by atoms with Crippen LogP contribution in [0.3, 0.4) is 0 Å². The number of nitrogens with zero attached hydrogens (tertiary/aromatic N) is 3. The normalized spacial score (nSPS) is 12.0. The maximum Gasteiger partial charge on any atom is 0.178 e. The number of aromatic nitrogens is 3. The van der Waals surface area contributed by atoms with Crippen LogP contribution in [0.5, 0.6) is 0 Å². The molecular weight excluding hydrogens is 198 g/mol. The van der Waals surface area contributed by atoms with Gasteiger partial charge < -0.3 is 0 Å². The summed E-state index contributed by atoms with van der Waals surface area (Å²) in [5, 5.41) is 0. The molecule has 3 heteroatoms. The van der Waals surface area contributed by atoms with Gasteiger partial charge in [-0.05, 0) is 18.6 Å². The van der Waals surface area contributed by atoms with Crippen LogP contribution in [0.15, 0.2) is 18.3 Å². The largest absolute Gasteiger partial charge is 0.248 e. The minimum atomic E-state index is 0.0179. The highest BCUT2D eigenvalue weighted by atomic mass is 14.9. The first-order valence-corrected chi connectivity index (χ1v) is 5.64. The van der Waals surface area contributed by atoms with Crippen LogP contribution in [0.4, 0.5) is 0 Å². The van der Waals surface area contributed by atoms with Crippen molar-refractivity contribution in [3.05, 3.63) is 29.7 Å². The molecule has 0 aliphatic rings. The van der Waals surface area contributed by atoms with E-state index >= 15 is 0 Å². The lowest BCUT2D eigenvalue weighted by molar-refractivity contribution is 0.559. The lowest BCUT2D eigenvalue weighted by Crippen LogP contribution is -2.18. The van der Waals surface area contributed by atoms with Crippen LogP contribution in [0, 0.1) is 0 Å². The van der Waals surface area contributed by atoms with Crippen molar-refractivity contribution in [2.24, 2.45) is 0 Å². The lowest BCUT2D eigenvalue weighted by atomic mass is 9.89. The number of fused-ring (bicyclic) bond motifs is 1. The van der Waals surface area contributed by atoms with Crippen molar-refractivity contribution >= 4 is 11.2 Å². The molecule has 84 valence electrons. The highest BCUT2D eigenvalue weighted by Crippen LogP contribution is 2.24. The highest BCUT2D eigenvalue weighted by molar-refractivity contribution is 5.69. The van der Waals surface area contributed by atoms with Crippen molar-refractivity contribution in [3.8, 4) is 0 Å². The summed E-state index contributed by atoms with van der Waals surface area (Å²) >= 11 is 0. The molecule has 2 aromatic heterocycles. The van der Waals surface area contributed by atoms with Gasteiger partial charge in [0.2, 0.25) is 0 Å². The van der Waals surface area contributed by atoms with Gasteiger partial charge in [-0.1, -0.05) is 27.7 Å². The van der Waals surface area contributed by atoms with E-state index in [0.717, 1.165) is 29.0 Å². The van der Waals surface area contributed by atoms with Crippen molar-refractivity contribution in [1.82, 2.24) is 15.0 Å². The van der Waals surface area contributed by atoms with E-state index in [4.69, 9.17) is 0 Å². The Hall–Kier alpha value is -1.51. The fraction of sp³-hybridized carbons (Fsp3) is 0.462. The van der Waals surface area contributed by atoms with Crippen molar-refractivity contribution in [2.75, 3.05) is 0 Å². The van der Waals surface area contributed by atoms with Crippen LogP contribution in [0.1, 0.15) is 39.1 Å². The summed E-state index contributed by atoms with van der Waals surface area (Å²) in [4.78, 5) is 13.5. The van der Waals surface area contributed by atoms with Crippen molar-refractivity contribution in [1.29, 1.82) is 0 Å². The molecule has 0 spiro atoms. The summed E-state index contributed by atoms with van der Waals surface area (Å²) < 4.78 is 0. The zero-order valence-corrected chi connectivity index (χ0v) is 10.3. The number of rotatable bonds is 1. The van der Waals surface area contributed by atoms with Gasteiger partial charge in [-0.3, -0.25) is 0 Å². The maximum absolute atomic E-state index is 4.64. The van der Waals surface area contributed by atoms with E-state index < -0.39 is 0 Å². The second kappa shape index (κ2) is 3.81. The van der Waals surface area contributed by atoms with Crippen molar-refractivity contribution < 1.29 is 0 Å². The fourth-order valence-electron chi connectivity index (χ4n) is 1.78. The Morgan fingerprint density at radius 1 is 1.19 bits per heavy atom. The zero-order valence-electron chi connectivity index (χ0n) is 10.3. The number of hydrogen-bond donors (Lipinski definition) is 0. The van der Waals surface area contributed by atoms with E-state index in [9.17, 15) is 0 Å². The smallest absolute Gasteiger partial charge is 0.178 e. The number of hydrogen-bond acceptors (Lipinski definition) is 3. The summed E-state index contributed by atoms with van der Waals surface area (Å²) in [7, 11) is 0. The van der Waals surface area contributed by atoms with Gasteiger partial charge in [0.05, 0.1) is 11.4 Å². The van der Waals surface area contributed by atoms with E-state index in [1.807, 2.05) is 12.1 Å². The molecular formula is C13H17N3. The van der Waals surface area contributed by atoms with Gasteiger partial charge in [-0.25, -0.2) is 15.0 Å². The molecule has 0 aromatic carbocycles. The van der Waals surface area contributed by atoms with Gasteiger partial charge in [-0.15, -0.1) is 0 Å². The molecule has 0 bridgehead atoms. The van der Waals surface area contributed by atoms with E-state index in [1.54, 1.807) is 6.20 Å². The fourth-order valence-corrected chi connectivity index (χ4v) is 1.78. The van der Waals surface area contributed by atoms with Crippen LogP contribution >= 0.6 is 0 Å². The van der Waals surface area contributed by atoms with Gasteiger partial charge in [0, 0.05) is 11.6 Å². The van der Waals surface area contributed by atoms with E-state index in [1.165, 1.54) is 0 Å². The summed E-state index contributed by atoms with van der Waals surface area (Å²) in [5.41, 5.74) is 3.77. The molecule has 0 fully saturated rings. The molecule has 0 saturated carbocycles. The Labute approximate surface area is 96.0 Å². The van der Waals surface area contributed by atoms with Crippen LogP contribution in [0.25, 0.3) is 11.2 Å². The Morgan fingerprint density at radius 3 is 2.56 bits per heavy atom. The molecule has 0 amide bonds. The van der Waals surface area contributed by atoms with Crippen LogP contribution in [-0.2, 0) is 11.8 Å². The second-order valence-electron chi connectivity index (χ2n) is 4.97. The standard InChI is InChI=1S/C13H17N3/c1-5-9-11(13(2,3)4)16-12-10(15-9)7-6-8-14-12/h6-8H,5H2,1-4H3. The van der Waals surface area contributed by atoms with Crippen LogP contribution in [0.2, 0.25) is 0 Å². The summed E-state index contributed by atoms with van der Waals surface area (Å²) in [6.45, 7) is 8.59. The molecule has 0 N–H and O–H groups in total. The third-order valence-electron chi connectivity index (χ3n) is 2.56. The molecule has 0 saturated heterocycles. The summed E-state index contributed by atoms with van der Waals surface area (Å²) in [6.07, 6.45) is 2.67. The third-order valence-corrected chi connectivity index (χ3v) is 2.56. The van der Waals surface area contributed by atoms with Crippen LogP contribution in [-0.4, -0.2) is 15.0 Å². The Balaban J connectivity index is 2.73. The van der Waals surface area contributed by atoms with Gasteiger partial charge in [0.25, 0.3) is 0 Å². The zero-order chi connectivity index (χ0) is 11.8. The van der Waals surface area contributed by atoms with Crippen molar-refractivity contribution in [3.63, 3.8) is 0 Å². The quantitative estimate of drug-likeness (QED) is 0.734. The average Bonchev–Trinajstić information content (AvgIpc) is 2.26. The lowest BCUT2D eigenvalue weighted by Gasteiger charge is -2.20. The van der Waals surface area contributed by atoms with Gasteiger partial charge >= 0.3 is 0 Å². The Kier molecular flexibility index (Phi) is 2.62. The molecule has 0 atom stereocenters. The van der Waals surface area contributed by atoms with E-state index in [0.29, 0.717) is 0 Å². The molecule has 2 aromatic rings.